The van der Waals surface area contributed by atoms with Gasteiger partial charge in [0.2, 0.25) is 0 Å². The number of hydrogen-bond donors (Lipinski definition) is 2. The van der Waals surface area contributed by atoms with Gasteiger partial charge in [-0.2, -0.15) is 0 Å². The number of aromatic amines is 1. The van der Waals surface area contributed by atoms with Crippen LogP contribution in [0.2, 0.25) is 0 Å². The van der Waals surface area contributed by atoms with Crippen molar-refractivity contribution in [2.24, 2.45) is 11.8 Å². The van der Waals surface area contributed by atoms with Crippen molar-refractivity contribution in [2.75, 3.05) is 26.3 Å². The van der Waals surface area contributed by atoms with Gasteiger partial charge in [-0.15, -0.1) is 0 Å². The zero-order valence-electron chi connectivity index (χ0n) is 23.7. The molecule has 38 heavy (non-hydrogen) atoms. The smallest absolute Gasteiger partial charge is 0.140 e. The highest BCUT2D eigenvalue weighted by atomic mass is 16.5. The van der Waals surface area contributed by atoms with Crippen molar-refractivity contribution in [2.45, 2.75) is 77.7 Å². The van der Waals surface area contributed by atoms with Crippen LogP contribution in [0, 0.1) is 11.8 Å². The minimum Gasteiger partial charge on any atom is -0.381 e. The van der Waals surface area contributed by atoms with Crippen LogP contribution >= 0.6 is 0 Å². The van der Waals surface area contributed by atoms with Crippen molar-refractivity contribution in [1.82, 2.24) is 24.8 Å². The van der Waals surface area contributed by atoms with Crippen LogP contribution in [-0.4, -0.2) is 45.8 Å². The van der Waals surface area contributed by atoms with Gasteiger partial charge in [-0.3, -0.25) is 0 Å². The summed E-state index contributed by atoms with van der Waals surface area (Å²) in [5.74, 6) is 1.21. The Hall–Kier alpha value is -2.70. The number of H-pyrrole nitrogens is 1. The number of aromatic nitrogens is 4. The molecular weight excluding hydrogens is 470 g/mol. The van der Waals surface area contributed by atoms with Crippen LogP contribution in [-0.2, 0) is 35.0 Å². The molecule has 0 aromatic carbocycles. The lowest BCUT2D eigenvalue weighted by molar-refractivity contribution is 0.185. The van der Waals surface area contributed by atoms with Gasteiger partial charge in [0.05, 0.1) is 0 Å². The van der Waals surface area contributed by atoms with Gasteiger partial charge in [-0.05, 0) is 91.4 Å². The van der Waals surface area contributed by atoms with Gasteiger partial charge in [-0.1, -0.05) is 34.6 Å². The Balaban J connectivity index is 1.37. The van der Waals surface area contributed by atoms with E-state index in [1.807, 2.05) is 6.20 Å². The third kappa shape index (κ3) is 5.01. The molecule has 2 unspecified atom stereocenters. The summed E-state index contributed by atoms with van der Waals surface area (Å²) in [6.07, 6.45) is 8.60. The van der Waals surface area contributed by atoms with Crippen molar-refractivity contribution in [3.63, 3.8) is 0 Å². The molecule has 0 bridgehead atoms. The molecule has 0 amide bonds. The molecule has 202 valence electrons. The topological polar surface area (TPSA) is 67.8 Å². The van der Waals surface area contributed by atoms with E-state index in [-0.39, 0.29) is 10.8 Å². The minimum absolute atomic E-state index is 0.0546. The summed E-state index contributed by atoms with van der Waals surface area (Å²) in [5.41, 5.74) is 7.24. The van der Waals surface area contributed by atoms with Crippen LogP contribution < -0.4 is 5.32 Å². The van der Waals surface area contributed by atoms with Gasteiger partial charge >= 0.3 is 0 Å². The molecule has 6 heterocycles. The molecule has 2 fully saturated rings. The molecule has 2 N–H and O–H groups in total. The first-order valence-corrected chi connectivity index (χ1v) is 14.4. The fourth-order valence-electron chi connectivity index (χ4n) is 6.53. The second-order valence-electron chi connectivity index (χ2n) is 13.4. The van der Waals surface area contributed by atoms with E-state index in [0.717, 1.165) is 63.4 Å². The van der Waals surface area contributed by atoms with Crippen LogP contribution in [0.3, 0.4) is 0 Å². The van der Waals surface area contributed by atoms with E-state index < -0.39 is 0 Å². The highest BCUT2D eigenvalue weighted by Gasteiger charge is 2.30. The van der Waals surface area contributed by atoms with Crippen molar-refractivity contribution in [1.29, 1.82) is 0 Å². The highest BCUT2D eigenvalue weighted by Crippen LogP contribution is 2.35. The molecule has 0 saturated carbocycles. The molecule has 6 nitrogen and oxygen atoms in total. The molecule has 6 heteroatoms. The normalized spacial score (nSPS) is 20.8. The highest BCUT2D eigenvalue weighted by molar-refractivity contribution is 5.78. The van der Waals surface area contributed by atoms with Gasteiger partial charge in [-0.25, -0.2) is 9.97 Å². The third-order valence-electron chi connectivity index (χ3n) is 8.68. The van der Waals surface area contributed by atoms with E-state index in [0.29, 0.717) is 11.8 Å². The first kappa shape index (κ1) is 25.6. The van der Waals surface area contributed by atoms with E-state index in [4.69, 9.17) is 14.7 Å². The maximum atomic E-state index is 5.70. The Morgan fingerprint density at radius 3 is 2.47 bits per heavy atom. The fourth-order valence-corrected chi connectivity index (χ4v) is 6.53. The summed E-state index contributed by atoms with van der Waals surface area (Å²) >= 11 is 0. The largest absolute Gasteiger partial charge is 0.381 e. The Morgan fingerprint density at radius 1 is 0.947 bits per heavy atom. The Labute approximate surface area is 226 Å². The molecule has 2 aliphatic heterocycles. The van der Waals surface area contributed by atoms with E-state index in [2.05, 4.69) is 79.9 Å². The van der Waals surface area contributed by atoms with E-state index >= 15 is 0 Å². The van der Waals surface area contributed by atoms with Gasteiger partial charge in [0, 0.05) is 59.7 Å². The number of rotatable bonds is 7. The van der Waals surface area contributed by atoms with Gasteiger partial charge < -0.3 is 19.6 Å². The van der Waals surface area contributed by atoms with Crippen LogP contribution in [0.25, 0.3) is 22.1 Å². The number of fused-ring (bicyclic) bond motifs is 2. The summed E-state index contributed by atoms with van der Waals surface area (Å²) in [5, 5.41) is 5.95. The Morgan fingerprint density at radius 2 is 1.74 bits per heavy atom. The fraction of sp³-hybridized carbons (Fsp3) is 0.562. The average Bonchev–Trinajstić information content (AvgIpc) is 3.66. The van der Waals surface area contributed by atoms with Crippen molar-refractivity contribution < 1.29 is 4.74 Å². The predicted octanol–water partition coefficient (Wildman–Crippen LogP) is 5.92. The van der Waals surface area contributed by atoms with Crippen molar-refractivity contribution in [3.8, 4) is 0 Å². The molecule has 6 rings (SSSR count). The summed E-state index contributed by atoms with van der Waals surface area (Å²) in [6, 6.07) is 9.15. The monoisotopic (exact) mass is 513 g/mol. The van der Waals surface area contributed by atoms with Gasteiger partial charge in [0.1, 0.15) is 11.3 Å². The van der Waals surface area contributed by atoms with Gasteiger partial charge in [0.15, 0.2) is 0 Å². The van der Waals surface area contributed by atoms with E-state index in [1.54, 1.807) is 0 Å². The first-order chi connectivity index (χ1) is 18.2. The van der Waals surface area contributed by atoms with Gasteiger partial charge in [0.25, 0.3) is 0 Å². The third-order valence-corrected chi connectivity index (χ3v) is 8.68. The molecule has 2 aliphatic rings. The Bertz CT molecular complexity index is 1430. The number of ether oxygens (including phenoxy) is 1. The van der Waals surface area contributed by atoms with Crippen LogP contribution in [0.4, 0.5) is 0 Å². The van der Waals surface area contributed by atoms with Crippen molar-refractivity contribution >= 4 is 22.1 Å². The molecule has 0 aliphatic carbocycles. The summed E-state index contributed by atoms with van der Waals surface area (Å²) in [7, 11) is 0. The summed E-state index contributed by atoms with van der Waals surface area (Å²) in [4.78, 5) is 13.9. The minimum atomic E-state index is -0.102. The SMILES string of the molecule is CC(C)(C)c1cc2ccn(CC(C)(C)c3cc4cc[nH]c4nc3CC3CCNC3)c2nc1CC1CCOC1. The molecule has 4 aromatic heterocycles. The maximum absolute atomic E-state index is 5.70. The zero-order chi connectivity index (χ0) is 26.5. The second kappa shape index (κ2) is 9.80. The van der Waals surface area contributed by atoms with Crippen LogP contribution in [0.15, 0.2) is 36.7 Å². The first-order valence-electron chi connectivity index (χ1n) is 14.4. The second-order valence-corrected chi connectivity index (χ2v) is 13.4. The lowest BCUT2D eigenvalue weighted by atomic mass is 9.81. The Kier molecular flexibility index (Phi) is 6.59. The van der Waals surface area contributed by atoms with E-state index in [1.165, 1.54) is 39.7 Å². The number of nitrogens with zero attached hydrogens (tertiary/aromatic N) is 3. The lowest BCUT2D eigenvalue weighted by Gasteiger charge is -2.29. The number of hydrogen-bond acceptors (Lipinski definition) is 4. The average molecular weight is 514 g/mol. The van der Waals surface area contributed by atoms with Crippen molar-refractivity contribution in [3.05, 3.63) is 59.2 Å². The lowest BCUT2D eigenvalue weighted by Crippen LogP contribution is -2.27. The quantitative estimate of drug-likeness (QED) is 0.322. The molecule has 2 atom stereocenters. The summed E-state index contributed by atoms with van der Waals surface area (Å²) < 4.78 is 8.08. The molecular formula is C32H43N5O. The summed E-state index contributed by atoms with van der Waals surface area (Å²) in [6.45, 7) is 16.4. The van der Waals surface area contributed by atoms with Crippen LogP contribution in [0.5, 0.6) is 0 Å². The predicted molar refractivity (Wildman–Crippen MR) is 155 cm³/mol. The number of nitrogens with one attached hydrogen (secondary N) is 2. The zero-order valence-corrected chi connectivity index (χ0v) is 23.7. The maximum Gasteiger partial charge on any atom is 0.140 e. The standard InChI is InChI=1S/C32H43N5O/c1-31(2,3)25-17-24-8-12-37(30(24)36-27(25)15-22-9-13-38-19-22)20-32(4,5)26-16-23-7-11-34-29(23)35-28(26)14-21-6-10-33-18-21/h7-8,11-12,16-17,21-22,33H,6,9-10,13-15,18-20H2,1-5H3,(H,34,35). The van der Waals surface area contributed by atoms with Crippen LogP contribution in [0.1, 0.15) is 70.0 Å². The molecule has 0 spiro atoms. The molecule has 4 aromatic rings. The molecule has 2 saturated heterocycles. The number of pyridine rings is 2. The van der Waals surface area contributed by atoms with E-state index in [9.17, 15) is 0 Å². The molecule has 0 radical (unpaired) electrons.